The van der Waals surface area contributed by atoms with Gasteiger partial charge in [0.25, 0.3) is 0 Å². The highest BCUT2D eigenvalue weighted by molar-refractivity contribution is 5.81. The molecule has 9 N–H and O–H groups in total. The molecule has 15 atom stereocenters. The molecule has 1 aromatic heterocycles. The van der Waals surface area contributed by atoms with Gasteiger partial charge in [-0.3, -0.25) is 4.79 Å². The van der Waals surface area contributed by atoms with Crippen molar-refractivity contribution in [1.29, 1.82) is 0 Å². The molecule has 0 spiro atoms. The number of ether oxygens (including phenoxy) is 6. The largest absolute Gasteiger partial charge is 0.462 e. The molecule has 3 aliphatic heterocycles. The van der Waals surface area contributed by atoms with Gasteiger partial charge in [0.05, 0.1) is 13.2 Å². The minimum Gasteiger partial charge on any atom is -0.462 e. The molecule has 3 saturated heterocycles. The first-order valence-electron chi connectivity index (χ1n) is 15.3. The fourth-order valence-corrected chi connectivity index (χ4v) is 5.97. The van der Waals surface area contributed by atoms with E-state index in [4.69, 9.17) is 32.8 Å². The molecular weight excluding hydrogens is 662 g/mol. The third-order valence-electron chi connectivity index (χ3n) is 8.54. The quantitative estimate of drug-likeness (QED) is 0.0830. The van der Waals surface area contributed by atoms with Gasteiger partial charge in [-0.25, -0.2) is 4.79 Å². The van der Waals surface area contributed by atoms with Gasteiger partial charge >= 0.3 is 5.63 Å². The summed E-state index contributed by atoms with van der Waals surface area (Å²) in [6, 6.07) is 4.49. The number of rotatable bonds is 10. The molecule has 0 aliphatic carbocycles. The predicted molar refractivity (Wildman–Crippen MR) is 157 cm³/mol. The van der Waals surface area contributed by atoms with Crippen molar-refractivity contribution in [2.45, 2.75) is 106 Å². The molecule has 0 saturated carbocycles. The summed E-state index contributed by atoms with van der Waals surface area (Å²) >= 11 is 0. The summed E-state index contributed by atoms with van der Waals surface area (Å²) in [6.07, 6.45) is -24.2. The Kier molecular flexibility index (Phi) is 11.7. The van der Waals surface area contributed by atoms with Crippen LogP contribution in [0.2, 0.25) is 0 Å². The molecular formula is C30H39NO18. The van der Waals surface area contributed by atoms with E-state index in [1.54, 1.807) is 13.0 Å². The normalized spacial score (nSPS) is 39.8. The molecule has 2 aromatic rings. The van der Waals surface area contributed by atoms with Crippen LogP contribution >= 0.6 is 0 Å². The first kappa shape index (κ1) is 37.1. The Balaban J connectivity index is 1.37. The van der Waals surface area contributed by atoms with Gasteiger partial charge in [-0.05, 0) is 24.6 Å². The molecule has 0 radical (unpaired) electrons. The van der Waals surface area contributed by atoms with Gasteiger partial charge in [0.2, 0.25) is 12.2 Å². The highest BCUT2D eigenvalue weighted by Crippen LogP contribution is 2.33. The van der Waals surface area contributed by atoms with Crippen molar-refractivity contribution in [1.82, 2.24) is 5.32 Å². The van der Waals surface area contributed by atoms with E-state index in [-0.39, 0.29) is 17.6 Å². The van der Waals surface area contributed by atoms with Gasteiger partial charge in [0.15, 0.2) is 18.9 Å². The Hall–Kier alpha value is -3.15. The molecule has 19 heteroatoms. The zero-order chi connectivity index (χ0) is 35.7. The molecule has 0 bridgehead atoms. The van der Waals surface area contributed by atoms with Crippen LogP contribution in [0.15, 0.2) is 33.5 Å². The van der Waals surface area contributed by atoms with E-state index in [0.717, 1.165) is 6.92 Å². The van der Waals surface area contributed by atoms with E-state index >= 15 is 0 Å². The Labute approximate surface area is 277 Å². The average molecular weight is 702 g/mol. The topological polar surface area (TPSA) is 294 Å². The second kappa shape index (κ2) is 15.4. The number of benzene rings is 1. The van der Waals surface area contributed by atoms with Gasteiger partial charge in [-0.15, -0.1) is 0 Å². The van der Waals surface area contributed by atoms with Gasteiger partial charge in [0.1, 0.15) is 84.5 Å². The van der Waals surface area contributed by atoms with Gasteiger partial charge in [0, 0.05) is 24.4 Å². The second-order valence-electron chi connectivity index (χ2n) is 12.0. The van der Waals surface area contributed by atoms with Gasteiger partial charge in [-0.1, -0.05) is 0 Å². The maximum absolute atomic E-state index is 12.2. The molecule has 2 unspecified atom stereocenters. The van der Waals surface area contributed by atoms with Crippen LogP contribution < -0.4 is 15.7 Å². The first-order valence-corrected chi connectivity index (χ1v) is 15.3. The molecule has 1 aromatic carbocycles. The number of hydrogen-bond donors (Lipinski definition) is 9. The summed E-state index contributed by atoms with van der Waals surface area (Å²) in [7, 11) is 0. The minimum absolute atomic E-state index is 0.109. The summed E-state index contributed by atoms with van der Waals surface area (Å²) in [6.45, 7) is 1.21. The first-order chi connectivity index (χ1) is 23.3. The van der Waals surface area contributed by atoms with Crippen molar-refractivity contribution < 1.29 is 83.3 Å². The van der Waals surface area contributed by atoms with Crippen molar-refractivity contribution in [3.63, 3.8) is 0 Å². The fraction of sp³-hybridized carbons (Fsp3) is 0.633. The zero-order valence-electron chi connectivity index (χ0n) is 26.1. The van der Waals surface area contributed by atoms with Crippen LogP contribution in [0.4, 0.5) is 0 Å². The minimum atomic E-state index is -1.98. The third-order valence-corrected chi connectivity index (χ3v) is 8.54. The number of carbonyl (C=O) groups is 2. The van der Waals surface area contributed by atoms with E-state index in [1.165, 1.54) is 18.2 Å². The third kappa shape index (κ3) is 7.64. The number of aldehydes is 1. The number of fused-ring (bicyclic) bond motifs is 1. The molecule has 3 aliphatic rings. The summed E-state index contributed by atoms with van der Waals surface area (Å²) in [5.74, 6) is -0.516. The lowest BCUT2D eigenvalue weighted by Gasteiger charge is -2.48. The number of carbonyl (C=O) groups excluding carboxylic acids is 2. The van der Waals surface area contributed by atoms with Crippen LogP contribution in [0.3, 0.4) is 0 Å². The molecule has 272 valence electrons. The van der Waals surface area contributed by atoms with Crippen LogP contribution in [0.1, 0.15) is 12.5 Å². The summed E-state index contributed by atoms with van der Waals surface area (Å²) in [5, 5.41) is 87.2. The maximum Gasteiger partial charge on any atom is 0.336 e. The monoisotopic (exact) mass is 701 g/mol. The van der Waals surface area contributed by atoms with E-state index < -0.39 is 117 Å². The highest BCUT2D eigenvalue weighted by Gasteiger charge is 2.54. The van der Waals surface area contributed by atoms with Gasteiger partial charge in [-0.2, -0.15) is 0 Å². The van der Waals surface area contributed by atoms with E-state index in [1.807, 2.05) is 0 Å². The van der Waals surface area contributed by atoms with Gasteiger partial charge < -0.3 is 83.8 Å². The smallest absolute Gasteiger partial charge is 0.336 e. The molecule has 3 fully saturated rings. The van der Waals surface area contributed by atoms with Crippen LogP contribution in [0, 0.1) is 6.92 Å². The molecule has 4 heterocycles. The standard InChI is InChI=1S/C30H39NO18/c1-10-5-18(36)44-14-6-12(3-4-13(10)14)43-28-19(31-11(2)35)22(39)26(17(9-34)47-28)48-30-25(42)27(21(38)16(8-33)46-30)49-29-24(41)23(40)20(37)15(7-32)45-29/h3-7,15-17,19-30,33-34,37-42H,8-9H2,1-2H3,(H,31,35)/t15-,16-,17-,19-,20+,21+,22?,23+,24-,25-,26-,27?,28-,29-,30+/m1/s1. The summed E-state index contributed by atoms with van der Waals surface area (Å²) < 4.78 is 39.2. The molecule has 5 rings (SSSR count). The maximum atomic E-state index is 12.2. The summed E-state index contributed by atoms with van der Waals surface area (Å²) in [4.78, 5) is 35.4. The van der Waals surface area contributed by atoms with E-state index in [2.05, 4.69) is 5.32 Å². The number of amides is 1. The number of aryl methyl sites for hydroxylation is 1. The summed E-state index contributed by atoms with van der Waals surface area (Å²) in [5.41, 5.74) is 0.246. The highest BCUT2D eigenvalue weighted by atomic mass is 16.8. The SMILES string of the molecule is CC(=O)N[C@@H]1C(O)[C@H](O[C@@H]2O[C@H](CO)[C@H](O)C(O[C@H]3O[C@H](C=O)[C@H](O)[C@H](O)[C@H]3O)[C@H]2O)[C@@H](CO)O[C@H]1Oc1ccc2c(C)cc(=O)oc2c1. The Bertz CT molecular complexity index is 1520. The Morgan fingerprint density at radius 1 is 0.816 bits per heavy atom. The Morgan fingerprint density at radius 3 is 2.12 bits per heavy atom. The van der Waals surface area contributed by atoms with Crippen molar-refractivity contribution in [3.05, 3.63) is 40.2 Å². The zero-order valence-corrected chi connectivity index (χ0v) is 26.1. The average Bonchev–Trinajstić information content (AvgIpc) is 3.06. The van der Waals surface area contributed by atoms with Crippen LogP contribution in [-0.4, -0.2) is 158 Å². The fourth-order valence-electron chi connectivity index (χ4n) is 5.97. The molecule has 1 amide bonds. The van der Waals surface area contributed by atoms with Crippen molar-refractivity contribution in [3.8, 4) is 5.75 Å². The van der Waals surface area contributed by atoms with Crippen LogP contribution in [-0.2, 0) is 33.3 Å². The number of aliphatic hydroxyl groups excluding tert-OH is 8. The van der Waals surface area contributed by atoms with Crippen molar-refractivity contribution in [2.24, 2.45) is 0 Å². The number of nitrogens with one attached hydrogen (secondary N) is 1. The lowest BCUT2D eigenvalue weighted by atomic mass is 9.95. The lowest BCUT2D eigenvalue weighted by Crippen LogP contribution is -2.68. The van der Waals surface area contributed by atoms with Crippen molar-refractivity contribution in [2.75, 3.05) is 13.2 Å². The molecule has 19 nitrogen and oxygen atoms in total. The van der Waals surface area contributed by atoms with Crippen molar-refractivity contribution >= 4 is 23.2 Å². The van der Waals surface area contributed by atoms with Crippen LogP contribution in [0.25, 0.3) is 11.0 Å². The predicted octanol–water partition coefficient (Wildman–Crippen LogP) is -4.72. The molecule has 49 heavy (non-hydrogen) atoms. The number of hydrogen-bond acceptors (Lipinski definition) is 18. The van der Waals surface area contributed by atoms with E-state index in [0.29, 0.717) is 10.9 Å². The lowest BCUT2D eigenvalue weighted by molar-refractivity contribution is -0.371. The Morgan fingerprint density at radius 2 is 1.47 bits per heavy atom. The number of aliphatic hydroxyl groups is 8. The second-order valence-corrected chi connectivity index (χ2v) is 12.0. The van der Waals surface area contributed by atoms with Crippen LogP contribution in [0.5, 0.6) is 5.75 Å². The van der Waals surface area contributed by atoms with E-state index in [9.17, 15) is 55.2 Å².